The maximum Gasteiger partial charge on any atom is 0.275 e. The van der Waals surface area contributed by atoms with Gasteiger partial charge >= 0.3 is 0 Å². The van der Waals surface area contributed by atoms with Crippen molar-refractivity contribution >= 4 is 16.7 Å². The average molecular weight is 317 g/mol. The summed E-state index contributed by atoms with van der Waals surface area (Å²) in [6.07, 6.45) is 1.44. The molecule has 1 fully saturated rings. The monoisotopic (exact) mass is 317 g/mol. The zero-order valence-electron chi connectivity index (χ0n) is 12.9. The number of ether oxygens (including phenoxy) is 2. The molecule has 23 heavy (non-hydrogen) atoms. The van der Waals surface area contributed by atoms with E-state index in [1.165, 1.54) is 4.68 Å². The fourth-order valence-corrected chi connectivity index (χ4v) is 2.68. The van der Waals surface area contributed by atoms with Crippen LogP contribution in [0.2, 0.25) is 0 Å². The summed E-state index contributed by atoms with van der Waals surface area (Å²) in [4.78, 5) is 24.5. The molecule has 0 saturated carbocycles. The number of fused-ring (bicyclic) bond motifs is 1. The summed E-state index contributed by atoms with van der Waals surface area (Å²) >= 11 is 0. The summed E-state index contributed by atoms with van der Waals surface area (Å²) in [7, 11) is 0. The van der Waals surface area contributed by atoms with Crippen LogP contribution in [0.15, 0.2) is 35.3 Å². The maximum atomic E-state index is 12.3. The predicted octanol–water partition coefficient (Wildman–Crippen LogP) is 0.317. The summed E-state index contributed by atoms with van der Waals surface area (Å²) in [5.74, 6) is -0.282. The van der Waals surface area contributed by atoms with Crippen LogP contribution in [-0.4, -0.2) is 47.7 Å². The van der Waals surface area contributed by atoms with Gasteiger partial charge in [-0.2, -0.15) is 5.10 Å². The first kappa shape index (κ1) is 15.6. The predicted molar refractivity (Wildman–Crippen MR) is 84.2 cm³/mol. The fourth-order valence-electron chi connectivity index (χ4n) is 2.68. The van der Waals surface area contributed by atoms with Crippen molar-refractivity contribution in [2.24, 2.45) is 0 Å². The van der Waals surface area contributed by atoms with Gasteiger partial charge in [-0.15, -0.1) is 0 Å². The molecule has 0 radical (unpaired) electrons. The summed E-state index contributed by atoms with van der Waals surface area (Å²) in [5, 5.41) is 8.21. The number of hydrogen-bond acceptors (Lipinski definition) is 5. The largest absolute Gasteiger partial charge is 0.376 e. The number of nitrogens with one attached hydrogen (secondary N) is 1. The van der Waals surface area contributed by atoms with Crippen LogP contribution in [-0.2, 0) is 20.8 Å². The maximum absolute atomic E-state index is 12.3. The number of carbonyl (C=O) groups is 1. The van der Waals surface area contributed by atoms with E-state index in [2.05, 4.69) is 10.4 Å². The van der Waals surface area contributed by atoms with Crippen LogP contribution in [0.5, 0.6) is 0 Å². The van der Waals surface area contributed by atoms with E-state index in [1.54, 1.807) is 18.3 Å². The topological polar surface area (TPSA) is 82.4 Å². The lowest BCUT2D eigenvalue weighted by atomic mass is 10.2. The second-order valence-electron chi connectivity index (χ2n) is 5.40. The van der Waals surface area contributed by atoms with Gasteiger partial charge in [0.25, 0.3) is 5.56 Å². The number of nitrogens with zero attached hydrogens (tertiary/aromatic N) is 2. The van der Waals surface area contributed by atoms with Gasteiger partial charge in [0.05, 0.1) is 30.8 Å². The Bertz CT molecular complexity index is 758. The molecular formula is C16H19N3O4. The molecule has 1 saturated heterocycles. The van der Waals surface area contributed by atoms with Gasteiger partial charge in [0.15, 0.2) is 0 Å². The van der Waals surface area contributed by atoms with Crippen molar-refractivity contribution in [3.8, 4) is 0 Å². The molecule has 1 aromatic heterocycles. The number of rotatable bonds is 5. The second kappa shape index (κ2) is 6.89. The Labute approximate surface area is 133 Å². The van der Waals surface area contributed by atoms with Crippen LogP contribution in [0.25, 0.3) is 10.8 Å². The zero-order valence-corrected chi connectivity index (χ0v) is 12.9. The van der Waals surface area contributed by atoms with Crippen LogP contribution in [0.1, 0.15) is 6.92 Å². The van der Waals surface area contributed by atoms with Crippen molar-refractivity contribution in [3.05, 3.63) is 40.8 Å². The fraction of sp³-hybridized carbons (Fsp3) is 0.438. The SMILES string of the molecule is CCO[C@H]1COC[C@@H]1NC(=O)Cn1ncc2ccccc2c1=O. The number of carbonyl (C=O) groups excluding carboxylic acids is 1. The molecule has 7 heteroatoms. The van der Waals surface area contributed by atoms with Gasteiger partial charge in [-0.25, -0.2) is 4.68 Å². The van der Waals surface area contributed by atoms with Crippen molar-refractivity contribution in [1.29, 1.82) is 0 Å². The van der Waals surface area contributed by atoms with E-state index in [9.17, 15) is 9.59 Å². The standard InChI is InChI=1S/C16H19N3O4/c1-2-23-14-10-22-9-13(14)18-15(20)8-19-16(21)12-6-4-3-5-11(12)7-17-19/h3-7,13-14H,2,8-10H2,1H3,(H,18,20)/t13-,14-/m0/s1. The molecule has 0 aliphatic carbocycles. The quantitative estimate of drug-likeness (QED) is 0.858. The lowest BCUT2D eigenvalue weighted by Gasteiger charge is -2.19. The second-order valence-corrected chi connectivity index (χ2v) is 5.40. The normalized spacial score (nSPS) is 20.7. The minimum absolute atomic E-state index is 0.126. The van der Waals surface area contributed by atoms with Gasteiger partial charge in [-0.05, 0) is 13.0 Å². The van der Waals surface area contributed by atoms with Gasteiger partial charge < -0.3 is 14.8 Å². The molecule has 1 aliphatic heterocycles. The third kappa shape index (κ3) is 3.40. The van der Waals surface area contributed by atoms with Crippen LogP contribution in [0, 0.1) is 0 Å². The van der Waals surface area contributed by atoms with E-state index in [1.807, 2.05) is 19.1 Å². The zero-order chi connectivity index (χ0) is 16.2. The van der Waals surface area contributed by atoms with Gasteiger partial charge in [0, 0.05) is 12.0 Å². The molecule has 7 nitrogen and oxygen atoms in total. The van der Waals surface area contributed by atoms with Crippen molar-refractivity contribution in [2.75, 3.05) is 19.8 Å². The smallest absolute Gasteiger partial charge is 0.275 e. The minimum Gasteiger partial charge on any atom is -0.376 e. The highest BCUT2D eigenvalue weighted by atomic mass is 16.5. The summed E-state index contributed by atoms with van der Waals surface area (Å²) in [5.41, 5.74) is -0.276. The number of aromatic nitrogens is 2. The lowest BCUT2D eigenvalue weighted by Crippen LogP contribution is -2.46. The molecule has 2 aromatic rings. The Balaban J connectivity index is 1.71. The van der Waals surface area contributed by atoms with Crippen LogP contribution >= 0.6 is 0 Å². The van der Waals surface area contributed by atoms with E-state index < -0.39 is 0 Å². The molecule has 1 N–H and O–H groups in total. The molecule has 0 bridgehead atoms. The molecule has 3 rings (SSSR count). The molecule has 0 spiro atoms. The van der Waals surface area contributed by atoms with Gasteiger partial charge in [-0.1, -0.05) is 18.2 Å². The van der Waals surface area contributed by atoms with Crippen LogP contribution in [0.4, 0.5) is 0 Å². The lowest BCUT2D eigenvalue weighted by molar-refractivity contribution is -0.123. The molecule has 0 unspecified atom stereocenters. The highest BCUT2D eigenvalue weighted by molar-refractivity contribution is 5.81. The van der Waals surface area contributed by atoms with E-state index in [0.717, 1.165) is 5.39 Å². The van der Waals surface area contributed by atoms with Crippen molar-refractivity contribution in [2.45, 2.75) is 25.6 Å². The van der Waals surface area contributed by atoms with E-state index >= 15 is 0 Å². The Morgan fingerprint density at radius 3 is 3.09 bits per heavy atom. The Morgan fingerprint density at radius 2 is 2.26 bits per heavy atom. The molecule has 2 atom stereocenters. The van der Waals surface area contributed by atoms with Gasteiger partial charge in [0.1, 0.15) is 12.6 Å². The van der Waals surface area contributed by atoms with Crippen LogP contribution in [0.3, 0.4) is 0 Å². The first-order valence-corrected chi connectivity index (χ1v) is 7.62. The molecule has 2 heterocycles. The third-order valence-corrected chi connectivity index (χ3v) is 3.81. The van der Waals surface area contributed by atoms with Crippen molar-refractivity contribution in [3.63, 3.8) is 0 Å². The highest BCUT2D eigenvalue weighted by Crippen LogP contribution is 2.10. The summed E-state index contributed by atoms with van der Waals surface area (Å²) in [6.45, 7) is 3.21. The number of amides is 1. The molecule has 1 aromatic carbocycles. The molecule has 122 valence electrons. The van der Waals surface area contributed by atoms with E-state index in [4.69, 9.17) is 9.47 Å². The number of benzene rings is 1. The van der Waals surface area contributed by atoms with E-state index in [-0.39, 0.29) is 30.2 Å². The van der Waals surface area contributed by atoms with Gasteiger partial charge in [-0.3, -0.25) is 9.59 Å². The van der Waals surface area contributed by atoms with Crippen molar-refractivity contribution in [1.82, 2.24) is 15.1 Å². The highest BCUT2D eigenvalue weighted by Gasteiger charge is 2.30. The molecule has 1 amide bonds. The molecule has 1 aliphatic rings. The number of hydrogen-bond donors (Lipinski definition) is 1. The van der Waals surface area contributed by atoms with Crippen molar-refractivity contribution < 1.29 is 14.3 Å². The van der Waals surface area contributed by atoms with E-state index in [0.29, 0.717) is 25.2 Å². The molecular weight excluding hydrogens is 298 g/mol. The summed E-state index contributed by atoms with van der Waals surface area (Å²) < 4.78 is 12.0. The average Bonchev–Trinajstić information content (AvgIpc) is 2.98. The Kier molecular flexibility index (Phi) is 4.68. The first-order chi connectivity index (χ1) is 11.2. The van der Waals surface area contributed by atoms with Gasteiger partial charge in [0.2, 0.25) is 5.91 Å². The Morgan fingerprint density at radius 1 is 1.43 bits per heavy atom. The summed E-state index contributed by atoms with van der Waals surface area (Å²) in [6, 6.07) is 6.98. The third-order valence-electron chi connectivity index (χ3n) is 3.81. The Hall–Kier alpha value is -2.25. The first-order valence-electron chi connectivity index (χ1n) is 7.62. The minimum atomic E-state index is -0.282. The van der Waals surface area contributed by atoms with Crippen LogP contribution < -0.4 is 10.9 Å².